The highest BCUT2D eigenvalue weighted by atomic mass is 16.6. The molecule has 6 nitrogen and oxygen atoms in total. The van der Waals surface area contributed by atoms with Crippen molar-refractivity contribution in [1.29, 1.82) is 0 Å². The highest BCUT2D eigenvalue weighted by Gasteiger charge is 2.08. The van der Waals surface area contributed by atoms with Crippen LogP contribution in [0.2, 0.25) is 0 Å². The van der Waals surface area contributed by atoms with Crippen LogP contribution in [0.3, 0.4) is 0 Å². The van der Waals surface area contributed by atoms with Crippen molar-refractivity contribution < 1.29 is 19.2 Å². The number of hydrogen-bond acceptors (Lipinski definition) is 5. The summed E-state index contributed by atoms with van der Waals surface area (Å²) >= 11 is 0. The van der Waals surface area contributed by atoms with Crippen molar-refractivity contribution in [2.45, 2.75) is 20.5 Å². The van der Waals surface area contributed by atoms with Crippen LogP contribution in [-0.4, -0.2) is 17.5 Å². The Kier molecular flexibility index (Phi) is 5.30. The molecule has 0 saturated heterocycles. The molecule has 6 heteroatoms. The van der Waals surface area contributed by atoms with E-state index in [1.165, 1.54) is 12.1 Å². The molecule has 0 spiro atoms. The Labute approximate surface area is 133 Å². The van der Waals surface area contributed by atoms with E-state index in [-0.39, 0.29) is 18.9 Å². The smallest absolute Gasteiger partial charge is 0.344 e. The zero-order chi connectivity index (χ0) is 16.8. The second-order valence-electron chi connectivity index (χ2n) is 5.14. The normalized spacial score (nSPS) is 10.2. The third-order valence-corrected chi connectivity index (χ3v) is 3.24. The number of carbonyl (C=O) groups is 1. The van der Waals surface area contributed by atoms with Gasteiger partial charge in [-0.15, -0.1) is 0 Å². The standard InChI is InChI=1S/C17H17NO5/c1-12-3-4-13(2)16(9-12)22-11-17(19)23-10-14-5-7-15(8-6-14)18(20)21/h3-9H,10-11H2,1-2H3. The Morgan fingerprint density at radius 3 is 2.48 bits per heavy atom. The van der Waals surface area contributed by atoms with Crippen LogP contribution in [0.1, 0.15) is 16.7 Å². The number of carbonyl (C=O) groups excluding carboxylic acids is 1. The second kappa shape index (κ2) is 7.40. The summed E-state index contributed by atoms with van der Waals surface area (Å²) in [6.45, 7) is 3.71. The summed E-state index contributed by atoms with van der Waals surface area (Å²) in [5.41, 5.74) is 2.66. The fourth-order valence-corrected chi connectivity index (χ4v) is 1.92. The third kappa shape index (κ3) is 4.81. The highest BCUT2D eigenvalue weighted by Crippen LogP contribution is 2.19. The van der Waals surface area contributed by atoms with Gasteiger partial charge in [-0.1, -0.05) is 12.1 Å². The average molecular weight is 315 g/mol. The number of non-ortho nitro benzene ring substituents is 1. The molecule has 0 unspecified atom stereocenters. The molecule has 0 aliphatic carbocycles. The Balaban J connectivity index is 1.83. The molecule has 120 valence electrons. The molecular formula is C17H17NO5. The summed E-state index contributed by atoms with van der Waals surface area (Å²) in [4.78, 5) is 21.8. The van der Waals surface area contributed by atoms with Crippen molar-refractivity contribution in [1.82, 2.24) is 0 Å². The molecule has 0 bridgehead atoms. The first-order valence-corrected chi connectivity index (χ1v) is 7.04. The first-order chi connectivity index (χ1) is 11.0. The number of aryl methyl sites for hydroxylation is 2. The number of nitrogens with zero attached hydrogens (tertiary/aromatic N) is 1. The number of esters is 1. The zero-order valence-electron chi connectivity index (χ0n) is 12.9. The van der Waals surface area contributed by atoms with E-state index in [4.69, 9.17) is 9.47 Å². The summed E-state index contributed by atoms with van der Waals surface area (Å²) in [7, 11) is 0. The molecule has 2 aromatic rings. The largest absolute Gasteiger partial charge is 0.482 e. The Morgan fingerprint density at radius 1 is 1.13 bits per heavy atom. The summed E-state index contributed by atoms with van der Waals surface area (Å²) in [6.07, 6.45) is 0. The van der Waals surface area contributed by atoms with Crippen LogP contribution < -0.4 is 4.74 Å². The number of rotatable bonds is 6. The van der Waals surface area contributed by atoms with E-state index < -0.39 is 10.9 Å². The lowest BCUT2D eigenvalue weighted by molar-refractivity contribution is -0.384. The molecule has 2 aromatic carbocycles. The lowest BCUT2D eigenvalue weighted by atomic mass is 10.1. The molecule has 0 radical (unpaired) electrons. The van der Waals surface area contributed by atoms with Crippen LogP contribution in [0.4, 0.5) is 5.69 Å². The zero-order valence-corrected chi connectivity index (χ0v) is 12.9. The van der Waals surface area contributed by atoms with Crippen molar-refractivity contribution in [3.8, 4) is 5.75 Å². The molecule has 0 amide bonds. The van der Waals surface area contributed by atoms with Gasteiger partial charge in [-0.25, -0.2) is 4.79 Å². The molecule has 0 aromatic heterocycles. The van der Waals surface area contributed by atoms with Gasteiger partial charge in [-0.2, -0.15) is 0 Å². The van der Waals surface area contributed by atoms with Crippen molar-refractivity contribution in [3.05, 3.63) is 69.3 Å². The minimum atomic E-state index is -0.496. The van der Waals surface area contributed by atoms with E-state index in [1.807, 2.05) is 32.0 Å². The number of nitro benzene ring substituents is 1. The van der Waals surface area contributed by atoms with Crippen LogP contribution >= 0.6 is 0 Å². The van der Waals surface area contributed by atoms with Crippen LogP contribution in [0.5, 0.6) is 5.75 Å². The Bertz CT molecular complexity index is 709. The fraction of sp³-hybridized carbons (Fsp3) is 0.235. The van der Waals surface area contributed by atoms with Crippen molar-refractivity contribution in [2.24, 2.45) is 0 Å². The molecule has 0 aliphatic rings. The molecule has 0 saturated carbocycles. The van der Waals surface area contributed by atoms with Crippen molar-refractivity contribution in [3.63, 3.8) is 0 Å². The van der Waals surface area contributed by atoms with Gasteiger partial charge < -0.3 is 9.47 Å². The quantitative estimate of drug-likeness (QED) is 0.464. The molecule has 0 aliphatic heterocycles. The lowest BCUT2D eigenvalue weighted by Crippen LogP contribution is -2.15. The van der Waals surface area contributed by atoms with Gasteiger partial charge >= 0.3 is 5.97 Å². The van der Waals surface area contributed by atoms with E-state index in [1.54, 1.807) is 12.1 Å². The van der Waals surface area contributed by atoms with Gasteiger partial charge in [-0.3, -0.25) is 10.1 Å². The van der Waals surface area contributed by atoms with Crippen molar-refractivity contribution in [2.75, 3.05) is 6.61 Å². The van der Waals surface area contributed by atoms with Gasteiger partial charge in [0, 0.05) is 12.1 Å². The minimum absolute atomic E-state index is 0.00154. The maximum absolute atomic E-state index is 11.7. The van der Waals surface area contributed by atoms with Crippen molar-refractivity contribution >= 4 is 11.7 Å². The van der Waals surface area contributed by atoms with E-state index in [9.17, 15) is 14.9 Å². The predicted molar refractivity (Wildman–Crippen MR) is 84.3 cm³/mol. The monoisotopic (exact) mass is 315 g/mol. The Morgan fingerprint density at radius 2 is 1.83 bits per heavy atom. The SMILES string of the molecule is Cc1ccc(C)c(OCC(=O)OCc2ccc([N+](=O)[O-])cc2)c1. The van der Waals surface area contributed by atoms with Gasteiger partial charge in [0.05, 0.1) is 4.92 Å². The first-order valence-electron chi connectivity index (χ1n) is 7.04. The molecule has 0 N–H and O–H groups in total. The topological polar surface area (TPSA) is 78.7 Å². The summed E-state index contributed by atoms with van der Waals surface area (Å²) in [5.74, 6) is 0.154. The van der Waals surface area contributed by atoms with Gasteiger partial charge in [-0.05, 0) is 48.7 Å². The lowest BCUT2D eigenvalue weighted by Gasteiger charge is -2.10. The molecular weight excluding hydrogens is 298 g/mol. The van der Waals surface area contributed by atoms with E-state index >= 15 is 0 Å². The van der Waals surface area contributed by atoms with Crippen LogP contribution in [0.15, 0.2) is 42.5 Å². The summed E-state index contributed by atoms with van der Waals surface area (Å²) in [5, 5.41) is 10.6. The first kappa shape index (κ1) is 16.5. The van der Waals surface area contributed by atoms with E-state index in [0.717, 1.165) is 11.1 Å². The second-order valence-corrected chi connectivity index (χ2v) is 5.14. The van der Waals surface area contributed by atoms with Gasteiger partial charge in [0.2, 0.25) is 0 Å². The molecule has 0 heterocycles. The molecule has 2 rings (SSSR count). The fourth-order valence-electron chi connectivity index (χ4n) is 1.92. The molecule has 0 atom stereocenters. The predicted octanol–water partition coefficient (Wildman–Crippen LogP) is 3.33. The third-order valence-electron chi connectivity index (χ3n) is 3.24. The van der Waals surface area contributed by atoms with Gasteiger partial charge in [0.15, 0.2) is 6.61 Å². The maximum Gasteiger partial charge on any atom is 0.344 e. The molecule has 23 heavy (non-hydrogen) atoms. The summed E-state index contributed by atoms with van der Waals surface area (Å²) in [6, 6.07) is 11.6. The Hall–Kier alpha value is -2.89. The number of benzene rings is 2. The van der Waals surface area contributed by atoms with Gasteiger partial charge in [0.1, 0.15) is 12.4 Å². The van der Waals surface area contributed by atoms with E-state index in [0.29, 0.717) is 11.3 Å². The van der Waals surface area contributed by atoms with Crippen LogP contribution in [-0.2, 0) is 16.1 Å². The minimum Gasteiger partial charge on any atom is -0.482 e. The number of hydrogen-bond donors (Lipinski definition) is 0. The molecule has 0 fully saturated rings. The summed E-state index contributed by atoms with van der Waals surface area (Å²) < 4.78 is 10.5. The van der Waals surface area contributed by atoms with E-state index in [2.05, 4.69) is 0 Å². The van der Waals surface area contributed by atoms with Crippen LogP contribution in [0, 0.1) is 24.0 Å². The number of nitro groups is 1. The maximum atomic E-state index is 11.7. The highest BCUT2D eigenvalue weighted by molar-refractivity contribution is 5.71. The number of ether oxygens (including phenoxy) is 2. The average Bonchev–Trinajstić information content (AvgIpc) is 2.54. The van der Waals surface area contributed by atoms with Crippen LogP contribution in [0.25, 0.3) is 0 Å². The van der Waals surface area contributed by atoms with Gasteiger partial charge in [0.25, 0.3) is 5.69 Å².